The largest absolute Gasteiger partial charge is 0.494 e. The van der Waals surface area contributed by atoms with E-state index in [1.165, 1.54) is 10.6 Å². The van der Waals surface area contributed by atoms with Crippen molar-refractivity contribution in [2.24, 2.45) is 5.73 Å². The summed E-state index contributed by atoms with van der Waals surface area (Å²) in [6.07, 6.45) is 2.14. The van der Waals surface area contributed by atoms with Crippen LogP contribution in [0.2, 0.25) is 0 Å². The Morgan fingerprint density at radius 3 is 2.59 bits per heavy atom. The van der Waals surface area contributed by atoms with E-state index in [1.807, 2.05) is 6.92 Å². The van der Waals surface area contributed by atoms with Crippen molar-refractivity contribution in [2.45, 2.75) is 39.7 Å². The average Bonchev–Trinajstić information content (AvgIpc) is 2.27. The number of pyridine rings is 1. The van der Waals surface area contributed by atoms with Crippen molar-refractivity contribution >= 4 is 5.91 Å². The second-order valence-electron chi connectivity index (χ2n) is 3.93. The van der Waals surface area contributed by atoms with Crippen LogP contribution in [0.4, 0.5) is 0 Å². The van der Waals surface area contributed by atoms with Gasteiger partial charge in [0.1, 0.15) is 5.56 Å². The van der Waals surface area contributed by atoms with Crippen LogP contribution in [0, 0.1) is 0 Å². The van der Waals surface area contributed by atoms with Gasteiger partial charge >= 0.3 is 0 Å². The fraction of sp³-hybridized carbons (Fsp3) is 0.500. The Labute approximate surface area is 99.9 Å². The molecule has 1 aromatic heterocycles. The highest BCUT2D eigenvalue weighted by molar-refractivity contribution is 5.96. The third-order valence-electron chi connectivity index (χ3n) is 2.73. The molecule has 0 bridgehead atoms. The van der Waals surface area contributed by atoms with Crippen molar-refractivity contribution in [3.63, 3.8) is 0 Å². The van der Waals surface area contributed by atoms with Crippen LogP contribution < -0.4 is 11.3 Å². The molecule has 0 atom stereocenters. The fourth-order valence-corrected chi connectivity index (χ4v) is 1.76. The first kappa shape index (κ1) is 13.3. The van der Waals surface area contributed by atoms with Gasteiger partial charge in [-0.15, -0.1) is 0 Å². The molecule has 5 nitrogen and oxygen atoms in total. The highest BCUT2D eigenvalue weighted by Crippen LogP contribution is 2.19. The highest BCUT2D eigenvalue weighted by Gasteiger charge is 2.17. The number of aromatic hydroxyl groups is 1. The molecule has 94 valence electrons. The molecule has 0 spiro atoms. The Morgan fingerprint density at radius 1 is 1.47 bits per heavy atom. The van der Waals surface area contributed by atoms with Gasteiger partial charge in [0.15, 0.2) is 0 Å². The van der Waals surface area contributed by atoms with Crippen molar-refractivity contribution in [1.29, 1.82) is 0 Å². The molecule has 0 saturated heterocycles. The van der Waals surface area contributed by atoms with Gasteiger partial charge in [-0.3, -0.25) is 14.2 Å². The van der Waals surface area contributed by atoms with Crippen LogP contribution in [0.25, 0.3) is 0 Å². The molecule has 0 aliphatic carbocycles. The number of carbonyl (C=O) groups is 1. The van der Waals surface area contributed by atoms with E-state index in [9.17, 15) is 14.7 Å². The molecular weight excluding hydrogens is 220 g/mol. The molecule has 0 aromatic carbocycles. The minimum absolute atomic E-state index is 0.0585. The Bertz CT molecular complexity index is 477. The first-order valence-electron chi connectivity index (χ1n) is 5.78. The second kappa shape index (κ2) is 5.52. The zero-order valence-electron chi connectivity index (χ0n) is 10.2. The first-order valence-corrected chi connectivity index (χ1v) is 5.78. The molecule has 3 N–H and O–H groups in total. The average molecular weight is 238 g/mol. The summed E-state index contributed by atoms with van der Waals surface area (Å²) in [5, 5.41) is 9.94. The number of hydrogen-bond donors (Lipinski definition) is 2. The van der Waals surface area contributed by atoms with Gasteiger partial charge in [0.25, 0.3) is 11.5 Å². The summed E-state index contributed by atoms with van der Waals surface area (Å²) in [6.45, 7) is 4.18. The van der Waals surface area contributed by atoms with E-state index in [4.69, 9.17) is 5.73 Å². The summed E-state index contributed by atoms with van der Waals surface area (Å²) in [4.78, 5) is 23.0. The summed E-state index contributed by atoms with van der Waals surface area (Å²) in [7, 11) is 0. The van der Waals surface area contributed by atoms with Crippen LogP contribution in [0.15, 0.2) is 10.9 Å². The molecule has 0 radical (unpaired) electrons. The van der Waals surface area contributed by atoms with Gasteiger partial charge in [-0.1, -0.05) is 20.3 Å². The van der Waals surface area contributed by atoms with E-state index in [0.29, 0.717) is 18.5 Å². The number of nitrogens with two attached hydrogens (primary N) is 1. The summed E-state index contributed by atoms with van der Waals surface area (Å²) >= 11 is 0. The molecule has 0 aliphatic rings. The van der Waals surface area contributed by atoms with E-state index < -0.39 is 5.91 Å². The smallest absolute Gasteiger partial charge is 0.254 e. The summed E-state index contributed by atoms with van der Waals surface area (Å²) in [5.74, 6) is -1.01. The predicted octanol–water partition coefficient (Wildman–Crippen LogP) is 1.02. The Hall–Kier alpha value is -1.78. The number of rotatable bonds is 5. The fourth-order valence-electron chi connectivity index (χ4n) is 1.76. The van der Waals surface area contributed by atoms with Gasteiger partial charge < -0.3 is 10.8 Å². The number of carbonyl (C=O) groups excluding carboxylic acids is 1. The summed E-state index contributed by atoms with van der Waals surface area (Å²) in [6, 6.07) is 1.37. The van der Waals surface area contributed by atoms with Crippen LogP contribution >= 0.6 is 0 Å². The lowest BCUT2D eigenvalue weighted by Gasteiger charge is -2.13. The number of hydrogen-bond acceptors (Lipinski definition) is 3. The summed E-state index contributed by atoms with van der Waals surface area (Å²) in [5.41, 5.74) is 5.48. The van der Waals surface area contributed by atoms with Gasteiger partial charge in [-0.25, -0.2) is 0 Å². The van der Waals surface area contributed by atoms with E-state index in [2.05, 4.69) is 0 Å². The van der Waals surface area contributed by atoms with E-state index in [-0.39, 0.29) is 17.0 Å². The zero-order chi connectivity index (χ0) is 13.0. The van der Waals surface area contributed by atoms with E-state index in [0.717, 1.165) is 12.8 Å². The lowest BCUT2D eigenvalue weighted by Crippen LogP contribution is -2.25. The number of aromatic nitrogens is 1. The zero-order valence-corrected chi connectivity index (χ0v) is 10.2. The Balaban J connectivity index is 3.38. The maximum Gasteiger partial charge on any atom is 0.254 e. The minimum atomic E-state index is -0.704. The molecule has 0 saturated carbocycles. The Morgan fingerprint density at radius 2 is 2.12 bits per heavy atom. The number of unbranched alkanes of at least 4 members (excludes halogenated alkanes) is 1. The SMILES string of the molecule is CCCCn1c(O)c(C(N)=O)c(CC)cc1=O. The number of nitrogens with zero attached hydrogens (tertiary/aromatic N) is 1. The monoisotopic (exact) mass is 238 g/mol. The molecule has 17 heavy (non-hydrogen) atoms. The van der Waals surface area contributed by atoms with Crippen LogP contribution in [-0.2, 0) is 13.0 Å². The normalized spacial score (nSPS) is 10.5. The van der Waals surface area contributed by atoms with E-state index >= 15 is 0 Å². The molecule has 1 heterocycles. The molecular formula is C12H18N2O3. The van der Waals surface area contributed by atoms with Crippen molar-refractivity contribution in [3.05, 3.63) is 27.5 Å². The van der Waals surface area contributed by atoms with Gasteiger partial charge in [-0.05, 0) is 18.4 Å². The Kier molecular flexibility index (Phi) is 4.31. The molecule has 1 amide bonds. The number of amides is 1. The topological polar surface area (TPSA) is 85.3 Å². The highest BCUT2D eigenvalue weighted by atomic mass is 16.3. The molecule has 1 rings (SSSR count). The number of aryl methyl sites for hydroxylation is 1. The third kappa shape index (κ3) is 2.67. The van der Waals surface area contributed by atoms with Crippen molar-refractivity contribution in [2.75, 3.05) is 0 Å². The number of primary amides is 1. The lowest BCUT2D eigenvalue weighted by atomic mass is 10.1. The quantitative estimate of drug-likeness (QED) is 0.803. The van der Waals surface area contributed by atoms with Gasteiger partial charge in [0.2, 0.25) is 5.88 Å². The molecule has 5 heteroatoms. The predicted molar refractivity (Wildman–Crippen MR) is 65.2 cm³/mol. The standard InChI is InChI=1S/C12H18N2O3/c1-3-5-6-14-9(15)7-8(4-2)10(11(13)16)12(14)17/h7,17H,3-6H2,1-2H3,(H2,13,16). The maximum absolute atomic E-state index is 11.8. The van der Waals surface area contributed by atoms with Crippen LogP contribution in [0.1, 0.15) is 42.6 Å². The van der Waals surface area contributed by atoms with Gasteiger partial charge in [-0.2, -0.15) is 0 Å². The third-order valence-corrected chi connectivity index (χ3v) is 2.73. The van der Waals surface area contributed by atoms with Crippen LogP contribution in [-0.4, -0.2) is 15.6 Å². The molecule has 0 fully saturated rings. The molecule has 1 aromatic rings. The van der Waals surface area contributed by atoms with Crippen LogP contribution in [0.3, 0.4) is 0 Å². The van der Waals surface area contributed by atoms with Crippen molar-refractivity contribution in [3.8, 4) is 5.88 Å². The maximum atomic E-state index is 11.8. The lowest BCUT2D eigenvalue weighted by molar-refractivity contribution is 0.0995. The van der Waals surface area contributed by atoms with Gasteiger partial charge in [0, 0.05) is 12.6 Å². The molecule has 0 aliphatic heterocycles. The van der Waals surface area contributed by atoms with E-state index in [1.54, 1.807) is 6.92 Å². The second-order valence-corrected chi connectivity index (χ2v) is 3.93. The minimum Gasteiger partial charge on any atom is -0.494 e. The van der Waals surface area contributed by atoms with Crippen molar-refractivity contribution in [1.82, 2.24) is 4.57 Å². The van der Waals surface area contributed by atoms with Crippen molar-refractivity contribution < 1.29 is 9.90 Å². The molecule has 0 unspecified atom stereocenters. The van der Waals surface area contributed by atoms with Crippen LogP contribution in [0.5, 0.6) is 5.88 Å². The summed E-state index contributed by atoms with van der Waals surface area (Å²) < 4.78 is 1.20. The van der Waals surface area contributed by atoms with Gasteiger partial charge in [0.05, 0.1) is 0 Å². The first-order chi connectivity index (χ1) is 8.02.